The molecular formula is C29H35N5O. The number of hydrogen-bond donors (Lipinski definition) is 3. The minimum absolute atomic E-state index is 0.0636. The van der Waals surface area contributed by atoms with Crippen molar-refractivity contribution in [1.29, 1.82) is 5.41 Å². The standard InChI is InChI=1S/C29H35N5O/c30-27(31)26-10-5-17-34(26)29(35)23-15-13-22(14-16-23)28-32-19-25(33-28)24-9-4-8-21(18-24)12-11-20-6-2-1-3-7-20/h4,8-9,13-16,18-20,26H,1-3,5-7,10-12,17H2,(H3,30,31)(H,32,33)/t26-/m0/s1. The summed E-state index contributed by atoms with van der Waals surface area (Å²) in [5.41, 5.74) is 10.8. The normalized spacial score (nSPS) is 18.6. The van der Waals surface area contributed by atoms with E-state index in [2.05, 4.69) is 34.2 Å². The fraction of sp³-hybridized carbons (Fsp3) is 0.414. The van der Waals surface area contributed by atoms with Gasteiger partial charge >= 0.3 is 0 Å². The monoisotopic (exact) mass is 469 g/mol. The smallest absolute Gasteiger partial charge is 0.254 e. The second-order valence-electron chi connectivity index (χ2n) is 10.1. The summed E-state index contributed by atoms with van der Waals surface area (Å²) in [5.74, 6) is 1.67. The highest BCUT2D eigenvalue weighted by molar-refractivity contribution is 5.98. The van der Waals surface area contributed by atoms with Crippen molar-refractivity contribution in [3.05, 3.63) is 65.9 Å². The Morgan fingerprint density at radius 1 is 1.03 bits per heavy atom. The van der Waals surface area contributed by atoms with Gasteiger partial charge in [-0.05, 0) is 60.9 Å². The molecule has 2 aromatic carbocycles. The number of nitrogens with zero attached hydrogens (tertiary/aromatic N) is 2. The average molecular weight is 470 g/mol. The van der Waals surface area contributed by atoms with Gasteiger partial charge in [-0.2, -0.15) is 0 Å². The van der Waals surface area contributed by atoms with Gasteiger partial charge < -0.3 is 15.6 Å². The zero-order valence-corrected chi connectivity index (χ0v) is 20.3. The van der Waals surface area contributed by atoms with E-state index in [9.17, 15) is 4.79 Å². The lowest BCUT2D eigenvalue weighted by molar-refractivity contribution is 0.0769. The number of nitrogens with one attached hydrogen (secondary N) is 2. The zero-order valence-electron chi connectivity index (χ0n) is 20.3. The molecule has 182 valence electrons. The van der Waals surface area contributed by atoms with E-state index in [4.69, 9.17) is 11.1 Å². The maximum atomic E-state index is 12.9. The van der Waals surface area contributed by atoms with Crippen LogP contribution in [0.2, 0.25) is 0 Å². The first-order valence-corrected chi connectivity index (χ1v) is 13.0. The van der Waals surface area contributed by atoms with Gasteiger partial charge in [-0.25, -0.2) is 4.98 Å². The number of rotatable bonds is 7. The van der Waals surface area contributed by atoms with E-state index in [0.29, 0.717) is 12.1 Å². The number of hydrogen-bond acceptors (Lipinski definition) is 3. The van der Waals surface area contributed by atoms with Crippen molar-refractivity contribution in [3.8, 4) is 22.6 Å². The van der Waals surface area contributed by atoms with Gasteiger partial charge in [0.2, 0.25) is 0 Å². The highest BCUT2D eigenvalue weighted by Gasteiger charge is 2.31. The molecule has 2 aliphatic rings. The average Bonchev–Trinajstić information content (AvgIpc) is 3.59. The predicted octanol–water partition coefficient (Wildman–Crippen LogP) is 5.80. The van der Waals surface area contributed by atoms with E-state index in [1.54, 1.807) is 4.90 Å². The van der Waals surface area contributed by atoms with E-state index in [1.165, 1.54) is 44.1 Å². The number of nitrogens with two attached hydrogens (primary N) is 1. The van der Waals surface area contributed by atoms with Crippen molar-refractivity contribution >= 4 is 11.7 Å². The van der Waals surface area contributed by atoms with E-state index in [1.807, 2.05) is 30.5 Å². The maximum absolute atomic E-state index is 12.9. The Bertz CT molecular complexity index is 1180. The number of aryl methyl sites for hydroxylation is 1. The summed E-state index contributed by atoms with van der Waals surface area (Å²) < 4.78 is 0. The molecule has 0 bridgehead atoms. The topological polar surface area (TPSA) is 98.9 Å². The minimum Gasteiger partial charge on any atom is -0.386 e. The number of amidine groups is 1. The number of benzene rings is 2. The summed E-state index contributed by atoms with van der Waals surface area (Å²) in [6, 6.07) is 16.0. The van der Waals surface area contributed by atoms with Crippen LogP contribution in [-0.4, -0.2) is 39.2 Å². The number of amides is 1. The number of aromatic amines is 1. The van der Waals surface area contributed by atoms with Gasteiger partial charge in [0.1, 0.15) is 11.7 Å². The second kappa shape index (κ2) is 10.5. The largest absolute Gasteiger partial charge is 0.386 e. The van der Waals surface area contributed by atoms with Crippen LogP contribution in [-0.2, 0) is 6.42 Å². The molecule has 1 aliphatic heterocycles. The minimum atomic E-state index is -0.284. The molecule has 0 spiro atoms. The summed E-state index contributed by atoms with van der Waals surface area (Å²) in [7, 11) is 0. The van der Waals surface area contributed by atoms with Crippen LogP contribution in [0.5, 0.6) is 0 Å². The lowest BCUT2D eigenvalue weighted by atomic mass is 9.85. The van der Waals surface area contributed by atoms with Gasteiger partial charge in [-0.15, -0.1) is 0 Å². The summed E-state index contributed by atoms with van der Waals surface area (Å²) in [6.07, 6.45) is 12.9. The highest BCUT2D eigenvalue weighted by atomic mass is 16.2. The third-order valence-corrected chi connectivity index (χ3v) is 7.66. The van der Waals surface area contributed by atoms with Crippen molar-refractivity contribution < 1.29 is 4.79 Å². The molecule has 4 N–H and O–H groups in total. The summed E-state index contributed by atoms with van der Waals surface area (Å²) >= 11 is 0. The SMILES string of the molecule is N=C(N)[C@@H]1CCCN1C(=O)c1ccc(-c2ncc(-c3cccc(CCC4CCCCC4)c3)[nH]2)cc1. The molecule has 0 radical (unpaired) electrons. The van der Waals surface area contributed by atoms with Crippen LogP contribution in [0.3, 0.4) is 0 Å². The van der Waals surface area contributed by atoms with Crippen LogP contribution in [0.15, 0.2) is 54.7 Å². The quantitative estimate of drug-likeness (QED) is 0.301. The molecule has 1 aromatic heterocycles. The number of likely N-dealkylation sites (tertiary alicyclic amines) is 1. The molecule has 2 fully saturated rings. The first-order chi connectivity index (χ1) is 17.1. The van der Waals surface area contributed by atoms with Gasteiger partial charge in [0.05, 0.1) is 17.9 Å². The molecule has 1 amide bonds. The molecule has 1 aliphatic carbocycles. The van der Waals surface area contributed by atoms with Crippen molar-refractivity contribution in [2.45, 2.75) is 63.8 Å². The summed E-state index contributed by atoms with van der Waals surface area (Å²) in [6.45, 7) is 0.645. The first kappa shape index (κ1) is 23.3. The fourth-order valence-electron chi connectivity index (χ4n) is 5.63. The Morgan fingerprint density at radius 3 is 2.60 bits per heavy atom. The Morgan fingerprint density at radius 2 is 1.83 bits per heavy atom. The van der Waals surface area contributed by atoms with Crippen molar-refractivity contribution in [2.75, 3.05) is 6.54 Å². The molecule has 6 nitrogen and oxygen atoms in total. The van der Waals surface area contributed by atoms with Crippen LogP contribution in [0.25, 0.3) is 22.6 Å². The van der Waals surface area contributed by atoms with Gasteiger partial charge in [-0.3, -0.25) is 10.2 Å². The number of carbonyl (C=O) groups is 1. The van der Waals surface area contributed by atoms with E-state index in [0.717, 1.165) is 47.8 Å². The molecule has 5 rings (SSSR count). The van der Waals surface area contributed by atoms with Crippen LogP contribution in [0, 0.1) is 11.3 Å². The molecule has 35 heavy (non-hydrogen) atoms. The third kappa shape index (κ3) is 5.31. The first-order valence-electron chi connectivity index (χ1n) is 13.0. The maximum Gasteiger partial charge on any atom is 0.254 e. The Balaban J connectivity index is 1.25. The summed E-state index contributed by atoms with van der Waals surface area (Å²) in [4.78, 5) is 22.7. The van der Waals surface area contributed by atoms with Crippen molar-refractivity contribution in [3.63, 3.8) is 0 Å². The van der Waals surface area contributed by atoms with Crippen LogP contribution in [0.1, 0.15) is 67.3 Å². The predicted molar refractivity (Wildman–Crippen MR) is 140 cm³/mol. The van der Waals surface area contributed by atoms with Gasteiger partial charge in [0.15, 0.2) is 0 Å². The number of carbonyl (C=O) groups excluding carboxylic acids is 1. The number of imidazole rings is 1. The zero-order chi connectivity index (χ0) is 24.2. The van der Waals surface area contributed by atoms with E-state index < -0.39 is 0 Å². The fourth-order valence-corrected chi connectivity index (χ4v) is 5.63. The molecule has 3 aromatic rings. The van der Waals surface area contributed by atoms with E-state index >= 15 is 0 Å². The van der Waals surface area contributed by atoms with Crippen molar-refractivity contribution in [2.24, 2.45) is 11.7 Å². The lowest BCUT2D eigenvalue weighted by Gasteiger charge is -2.23. The van der Waals surface area contributed by atoms with Crippen LogP contribution in [0.4, 0.5) is 0 Å². The van der Waals surface area contributed by atoms with Crippen LogP contribution < -0.4 is 5.73 Å². The highest BCUT2D eigenvalue weighted by Crippen LogP contribution is 2.29. The van der Waals surface area contributed by atoms with Crippen molar-refractivity contribution in [1.82, 2.24) is 14.9 Å². The Kier molecular flexibility index (Phi) is 6.98. The number of aromatic nitrogens is 2. The molecule has 1 saturated heterocycles. The molecule has 1 atom stereocenters. The molecule has 6 heteroatoms. The Hall–Kier alpha value is -3.41. The lowest BCUT2D eigenvalue weighted by Crippen LogP contribution is -2.43. The third-order valence-electron chi connectivity index (χ3n) is 7.66. The Labute approximate surface area is 207 Å². The molecule has 2 heterocycles. The van der Waals surface area contributed by atoms with Gasteiger partial charge in [-0.1, -0.05) is 62.4 Å². The molecule has 1 saturated carbocycles. The van der Waals surface area contributed by atoms with E-state index in [-0.39, 0.29) is 17.8 Å². The number of H-pyrrole nitrogens is 1. The van der Waals surface area contributed by atoms with Gasteiger partial charge in [0.25, 0.3) is 5.91 Å². The molecule has 0 unspecified atom stereocenters. The second-order valence-corrected chi connectivity index (χ2v) is 10.1. The molecular weight excluding hydrogens is 434 g/mol. The summed E-state index contributed by atoms with van der Waals surface area (Å²) in [5, 5.41) is 7.75. The van der Waals surface area contributed by atoms with Crippen LogP contribution >= 0.6 is 0 Å². The van der Waals surface area contributed by atoms with Gasteiger partial charge in [0, 0.05) is 17.7 Å².